The van der Waals surface area contributed by atoms with Crippen molar-refractivity contribution < 1.29 is 4.74 Å². The quantitative estimate of drug-likeness (QED) is 0.901. The molecule has 0 aromatic heterocycles. The summed E-state index contributed by atoms with van der Waals surface area (Å²) in [6.45, 7) is 2.90. The Balaban J connectivity index is 2.54. The van der Waals surface area contributed by atoms with Gasteiger partial charge in [-0.1, -0.05) is 32.3 Å². The minimum atomic E-state index is 0.108. The number of rotatable bonds is 4. The molecule has 2 nitrogen and oxygen atoms in total. The number of aryl methyl sites for hydroxylation is 1. The molecule has 1 aliphatic rings. The van der Waals surface area contributed by atoms with E-state index in [1.165, 1.54) is 43.2 Å². The molecule has 2 rings (SSSR count). The molecule has 0 heterocycles. The summed E-state index contributed by atoms with van der Waals surface area (Å²) in [5, 5.41) is 0. The molecule has 0 amide bonds. The smallest absolute Gasteiger partial charge is 0.136 e. The van der Waals surface area contributed by atoms with Gasteiger partial charge in [0.1, 0.15) is 5.75 Å². The van der Waals surface area contributed by atoms with Crippen molar-refractivity contribution in [2.45, 2.75) is 50.9 Å². The molecule has 0 atom stereocenters. The zero-order chi connectivity index (χ0) is 13.9. The molecule has 19 heavy (non-hydrogen) atoms. The van der Waals surface area contributed by atoms with Crippen LogP contribution in [0.1, 0.15) is 50.2 Å². The maximum absolute atomic E-state index is 6.16. The highest BCUT2D eigenvalue weighted by Gasteiger charge is 2.35. The van der Waals surface area contributed by atoms with Crippen LogP contribution in [0.4, 0.5) is 0 Å². The van der Waals surface area contributed by atoms with E-state index in [-0.39, 0.29) is 5.41 Å². The van der Waals surface area contributed by atoms with Gasteiger partial charge in [0.05, 0.1) is 11.6 Å². The third-order valence-electron chi connectivity index (χ3n) is 4.49. The lowest BCUT2D eigenvalue weighted by Crippen LogP contribution is -2.37. The number of halogens is 1. The summed E-state index contributed by atoms with van der Waals surface area (Å²) >= 11 is 3.65. The van der Waals surface area contributed by atoms with Crippen molar-refractivity contribution in [1.82, 2.24) is 0 Å². The van der Waals surface area contributed by atoms with Gasteiger partial charge < -0.3 is 10.5 Å². The molecule has 3 heteroatoms. The maximum atomic E-state index is 6.16. The zero-order valence-electron chi connectivity index (χ0n) is 12.0. The van der Waals surface area contributed by atoms with E-state index in [9.17, 15) is 0 Å². The van der Waals surface area contributed by atoms with Gasteiger partial charge >= 0.3 is 0 Å². The van der Waals surface area contributed by atoms with E-state index < -0.39 is 0 Å². The molecule has 0 bridgehead atoms. The number of benzene rings is 1. The molecular formula is C16H24BrNO. The SMILES string of the molecule is CCc1cc(Br)c(OC)c(C2(CN)CCCCC2)c1. The summed E-state index contributed by atoms with van der Waals surface area (Å²) in [5.74, 6) is 0.976. The fourth-order valence-corrected chi connectivity index (χ4v) is 3.94. The van der Waals surface area contributed by atoms with E-state index in [1.807, 2.05) is 0 Å². The molecule has 0 radical (unpaired) electrons. The van der Waals surface area contributed by atoms with Gasteiger partial charge in [-0.15, -0.1) is 0 Å². The third kappa shape index (κ3) is 2.82. The summed E-state index contributed by atoms with van der Waals surface area (Å²) < 4.78 is 6.71. The minimum Gasteiger partial charge on any atom is -0.495 e. The second-order valence-electron chi connectivity index (χ2n) is 5.56. The summed E-state index contributed by atoms with van der Waals surface area (Å²) in [4.78, 5) is 0. The van der Waals surface area contributed by atoms with Gasteiger partial charge in [0, 0.05) is 17.5 Å². The standard InChI is InChI=1S/C16H24BrNO/c1-3-12-9-13(15(19-2)14(17)10-12)16(11-18)7-5-4-6-8-16/h9-10H,3-8,11,18H2,1-2H3. The third-order valence-corrected chi connectivity index (χ3v) is 5.08. The topological polar surface area (TPSA) is 35.2 Å². The second kappa shape index (κ2) is 6.27. The van der Waals surface area contributed by atoms with Crippen molar-refractivity contribution in [1.29, 1.82) is 0 Å². The van der Waals surface area contributed by atoms with E-state index in [1.54, 1.807) is 7.11 Å². The Morgan fingerprint density at radius 2 is 1.95 bits per heavy atom. The molecule has 0 aliphatic heterocycles. The van der Waals surface area contributed by atoms with Gasteiger partial charge in [-0.2, -0.15) is 0 Å². The Morgan fingerprint density at radius 1 is 1.26 bits per heavy atom. The second-order valence-corrected chi connectivity index (χ2v) is 6.41. The van der Waals surface area contributed by atoms with Gasteiger partial charge in [0.25, 0.3) is 0 Å². The van der Waals surface area contributed by atoms with Crippen molar-refractivity contribution in [2.75, 3.05) is 13.7 Å². The highest BCUT2D eigenvalue weighted by atomic mass is 79.9. The molecule has 0 saturated heterocycles. The average Bonchev–Trinajstić information content (AvgIpc) is 2.47. The van der Waals surface area contributed by atoms with Gasteiger partial charge in [0.2, 0.25) is 0 Å². The van der Waals surface area contributed by atoms with Crippen LogP contribution in [0.15, 0.2) is 16.6 Å². The van der Waals surface area contributed by atoms with Crippen molar-refractivity contribution in [3.63, 3.8) is 0 Å². The number of hydrogen-bond donors (Lipinski definition) is 1. The highest BCUT2D eigenvalue weighted by Crippen LogP contribution is 2.45. The van der Waals surface area contributed by atoms with Crippen molar-refractivity contribution >= 4 is 15.9 Å². The Kier molecular flexibility index (Phi) is 4.91. The van der Waals surface area contributed by atoms with Crippen LogP contribution in [0, 0.1) is 0 Å². The zero-order valence-corrected chi connectivity index (χ0v) is 13.6. The normalized spacial score (nSPS) is 18.3. The van der Waals surface area contributed by atoms with E-state index in [4.69, 9.17) is 10.5 Å². The Hall–Kier alpha value is -0.540. The Bertz CT molecular complexity index is 439. The summed E-state index contributed by atoms with van der Waals surface area (Å²) in [7, 11) is 1.75. The molecule has 2 N–H and O–H groups in total. The predicted octanol–water partition coefficient (Wildman–Crippen LogP) is 4.18. The van der Waals surface area contributed by atoms with Gasteiger partial charge in [0.15, 0.2) is 0 Å². The fourth-order valence-electron chi connectivity index (χ4n) is 3.27. The van der Waals surface area contributed by atoms with E-state index in [0.29, 0.717) is 6.54 Å². The summed E-state index contributed by atoms with van der Waals surface area (Å²) in [6.07, 6.45) is 7.27. The number of ether oxygens (including phenoxy) is 1. The molecule has 106 valence electrons. The van der Waals surface area contributed by atoms with E-state index in [2.05, 4.69) is 35.0 Å². The molecule has 1 aliphatic carbocycles. The number of hydrogen-bond acceptors (Lipinski definition) is 2. The van der Waals surface area contributed by atoms with Crippen LogP contribution < -0.4 is 10.5 Å². The van der Waals surface area contributed by atoms with Gasteiger partial charge in [-0.05, 0) is 46.8 Å². The van der Waals surface area contributed by atoms with Gasteiger partial charge in [-0.25, -0.2) is 0 Å². The summed E-state index contributed by atoms with van der Waals surface area (Å²) in [5.41, 5.74) is 8.93. The predicted molar refractivity (Wildman–Crippen MR) is 83.9 cm³/mol. The molecule has 0 spiro atoms. The highest BCUT2D eigenvalue weighted by molar-refractivity contribution is 9.10. The monoisotopic (exact) mass is 325 g/mol. The van der Waals surface area contributed by atoms with Crippen LogP contribution in [-0.2, 0) is 11.8 Å². The molecule has 1 saturated carbocycles. The Morgan fingerprint density at radius 3 is 2.47 bits per heavy atom. The van der Waals surface area contributed by atoms with Crippen molar-refractivity contribution in [2.24, 2.45) is 5.73 Å². The van der Waals surface area contributed by atoms with Crippen LogP contribution >= 0.6 is 15.9 Å². The molecule has 1 aromatic rings. The van der Waals surface area contributed by atoms with Crippen LogP contribution in [-0.4, -0.2) is 13.7 Å². The van der Waals surface area contributed by atoms with E-state index >= 15 is 0 Å². The molecular weight excluding hydrogens is 302 g/mol. The molecule has 0 unspecified atom stereocenters. The lowest BCUT2D eigenvalue weighted by atomic mass is 9.69. The number of nitrogens with two attached hydrogens (primary N) is 1. The number of methoxy groups -OCH3 is 1. The minimum absolute atomic E-state index is 0.108. The first-order valence-electron chi connectivity index (χ1n) is 7.24. The molecule has 1 aromatic carbocycles. The first-order chi connectivity index (χ1) is 9.16. The maximum Gasteiger partial charge on any atom is 0.136 e. The van der Waals surface area contributed by atoms with Crippen LogP contribution in [0.3, 0.4) is 0 Å². The first-order valence-corrected chi connectivity index (χ1v) is 8.03. The first kappa shape index (κ1) is 14.9. The lowest BCUT2D eigenvalue weighted by Gasteiger charge is -2.38. The molecule has 1 fully saturated rings. The largest absolute Gasteiger partial charge is 0.495 e. The van der Waals surface area contributed by atoms with Crippen molar-refractivity contribution in [3.8, 4) is 5.75 Å². The van der Waals surface area contributed by atoms with Crippen LogP contribution in [0.25, 0.3) is 0 Å². The average molecular weight is 326 g/mol. The summed E-state index contributed by atoms with van der Waals surface area (Å²) in [6, 6.07) is 4.47. The fraction of sp³-hybridized carbons (Fsp3) is 0.625. The van der Waals surface area contributed by atoms with Crippen LogP contribution in [0.5, 0.6) is 5.75 Å². The Labute approximate surface area is 124 Å². The van der Waals surface area contributed by atoms with Crippen molar-refractivity contribution in [3.05, 3.63) is 27.7 Å². The van der Waals surface area contributed by atoms with E-state index in [0.717, 1.165) is 16.6 Å². The van der Waals surface area contributed by atoms with Gasteiger partial charge in [-0.3, -0.25) is 0 Å². The lowest BCUT2D eigenvalue weighted by molar-refractivity contribution is 0.287. The van der Waals surface area contributed by atoms with Crippen LogP contribution in [0.2, 0.25) is 0 Å².